The Balaban J connectivity index is 0.00000364. The van der Waals surface area contributed by atoms with Gasteiger partial charge in [-0.2, -0.15) is 0 Å². The first-order valence-corrected chi connectivity index (χ1v) is 8.83. The lowest BCUT2D eigenvalue weighted by atomic mass is 10.0. The first-order chi connectivity index (χ1) is 12.4. The third kappa shape index (κ3) is 6.45. The summed E-state index contributed by atoms with van der Waals surface area (Å²) < 4.78 is 11.3. The van der Waals surface area contributed by atoms with Crippen LogP contribution in [0.1, 0.15) is 37.9 Å². The quantitative estimate of drug-likeness (QED) is 0.715. The second kappa shape index (κ2) is 10.8. The van der Waals surface area contributed by atoms with E-state index >= 15 is 0 Å². The van der Waals surface area contributed by atoms with Crippen molar-refractivity contribution in [3.63, 3.8) is 0 Å². The van der Waals surface area contributed by atoms with Gasteiger partial charge in [-0.05, 0) is 37.1 Å². The molecule has 2 aromatic rings. The minimum Gasteiger partial charge on any atom is -0.493 e. The lowest BCUT2D eigenvalue weighted by Gasteiger charge is -2.21. The van der Waals surface area contributed by atoms with E-state index in [2.05, 4.69) is 5.32 Å². The molecular weight excluding hydrogens is 364 g/mol. The molecule has 0 aliphatic rings. The van der Waals surface area contributed by atoms with Gasteiger partial charge in [0.15, 0.2) is 11.5 Å². The highest BCUT2D eigenvalue weighted by Gasteiger charge is 2.20. The highest BCUT2D eigenvalue weighted by atomic mass is 35.5. The Morgan fingerprint density at radius 1 is 1.07 bits per heavy atom. The van der Waals surface area contributed by atoms with Crippen molar-refractivity contribution in [3.8, 4) is 11.5 Å². The van der Waals surface area contributed by atoms with Crippen molar-refractivity contribution in [2.24, 2.45) is 11.7 Å². The number of amides is 1. The Hall–Kier alpha value is -2.24. The van der Waals surface area contributed by atoms with Crippen LogP contribution in [0.3, 0.4) is 0 Å². The van der Waals surface area contributed by atoms with E-state index in [9.17, 15) is 4.79 Å². The van der Waals surface area contributed by atoms with E-state index in [-0.39, 0.29) is 36.3 Å². The van der Waals surface area contributed by atoms with Crippen molar-refractivity contribution in [2.75, 3.05) is 7.11 Å². The summed E-state index contributed by atoms with van der Waals surface area (Å²) in [6, 6.07) is 15.3. The van der Waals surface area contributed by atoms with Gasteiger partial charge in [-0.25, -0.2) is 0 Å². The number of methoxy groups -OCH3 is 1. The number of nitrogens with two attached hydrogens (primary N) is 1. The van der Waals surface area contributed by atoms with Gasteiger partial charge in [0.25, 0.3) is 0 Å². The first kappa shape index (κ1) is 22.8. The van der Waals surface area contributed by atoms with Crippen molar-refractivity contribution in [2.45, 2.75) is 39.5 Å². The highest BCUT2D eigenvalue weighted by molar-refractivity contribution is 5.85. The molecule has 0 bridgehead atoms. The van der Waals surface area contributed by atoms with E-state index < -0.39 is 0 Å². The van der Waals surface area contributed by atoms with Crippen molar-refractivity contribution in [1.29, 1.82) is 0 Å². The fourth-order valence-electron chi connectivity index (χ4n) is 2.48. The average molecular weight is 393 g/mol. The van der Waals surface area contributed by atoms with Gasteiger partial charge in [0.05, 0.1) is 13.2 Å². The summed E-state index contributed by atoms with van der Waals surface area (Å²) in [6.45, 7) is 6.06. The predicted molar refractivity (Wildman–Crippen MR) is 110 cm³/mol. The summed E-state index contributed by atoms with van der Waals surface area (Å²) in [5.74, 6) is 1.01. The molecule has 0 saturated carbocycles. The van der Waals surface area contributed by atoms with Crippen LogP contribution in [-0.4, -0.2) is 19.1 Å². The van der Waals surface area contributed by atoms with E-state index in [1.54, 1.807) is 7.11 Å². The molecule has 6 heteroatoms. The van der Waals surface area contributed by atoms with Crippen LogP contribution < -0.4 is 20.5 Å². The molecular formula is C21H29ClN2O3. The Morgan fingerprint density at radius 2 is 1.74 bits per heavy atom. The van der Waals surface area contributed by atoms with Gasteiger partial charge in [-0.3, -0.25) is 4.79 Å². The van der Waals surface area contributed by atoms with Crippen LogP contribution in [0.4, 0.5) is 0 Å². The standard InChI is InChI=1S/C21H28N2O3.ClH/c1-14(15(2)22)21(24)23-16(3)18-10-11-19(20(12-18)25-4)26-13-17-8-6-5-7-9-17;/h5-12,14-16H,13,22H2,1-4H3,(H,23,24);1H. The molecule has 3 unspecified atom stereocenters. The lowest BCUT2D eigenvalue weighted by Crippen LogP contribution is -2.39. The van der Waals surface area contributed by atoms with Gasteiger partial charge >= 0.3 is 0 Å². The zero-order chi connectivity index (χ0) is 19.1. The molecule has 1 amide bonds. The van der Waals surface area contributed by atoms with Crippen LogP contribution >= 0.6 is 12.4 Å². The lowest BCUT2D eigenvalue weighted by molar-refractivity contribution is -0.125. The zero-order valence-electron chi connectivity index (χ0n) is 16.3. The number of hydrogen-bond donors (Lipinski definition) is 2. The Kier molecular flexibility index (Phi) is 9.12. The number of nitrogens with one attached hydrogen (secondary N) is 1. The maximum absolute atomic E-state index is 12.2. The van der Waals surface area contributed by atoms with Crippen LogP contribution in [0.15, 0.2) is 48.5 Å². The highest BCUT2D eigenvalue weighted by Crippen LogP contribution is 2.31. The van der Waals surface area contributed by atoms with E-state index in [1.165, 1.54) is 0 Å². The summed E-state index contributed by atoms with van der Waals surface area (Å²) in [7, 11) is 1.61. The van der Waals surface area contributed by atoms with Crippen LogP contribution in [0.5, 0.6) is 11.5 Å². The van der Waals surface area contributed by atoms with Crippen LogP contribution in [0, 0.1) is 5.92 Å². The number of halogens is 1. The molecule has 0 saturated heterocycles. The van der Waals surface area contributed by atoms with Crippen LogP contribution in [0.2, 0.25) is 0 Å². The Morgan fingerprint density at radius 3 is 2.33 bits per heavy atom. The number of ether oxygens (including phenoxy) is 2. The van der Waals surface area contributed by atoms with Crippen molar-refractivity contribution < 1.29 is 14.3 Å². The predicted octanol–water partition coefficient (Wildman–Crippen LogP) is 3.86. The second-order valence-electron chi connectivity index (χ2n) is 6.56. The largest absolute Gasteiger partial charge is 0.493 e. The number of benzene rings is 2. The maximum Gasteiger partial charge on any atom is 0.224 e. The second-order valence-corrected chi connectivity index (χ2v) is 6.56. The zero-order valence-corrected chi connectivity index (χ0v) is 17.1. The van der Waals surface area contributed by atoms with E-state index in [0.29, 0.717) is 18.1 Å². The van der Waals surface area contributed by atoms with Crippen LogP contribution in [0.25, 0.3) is 0 Å². The van der Waals surface area contributed by atoms with E-state index in [1.807, 2.05) is 69.3 Å². The molecule has 5 nitrogen and oxygen atoms in total. The normalized spacial score (nSPS) is 13.7. The summed E-state index contributed by atoms with van der Waals surface area (Å²) >= 11 is 0. The molecule has 0 fully saturated rings. The molecule has 0 radical (unpaired) electrons. The Bertz CT molecular complexity index is 723. The molecule has 0 heterocycles. The number of hydrogen-bond acceptors (Lipinski definition) is 4. The fourth-order valence-corrected chi connectivity index (χ4v) is 2.48. The van der Waals surface area contributed by atoms with Crippen molar-refractivity contribution in [3.05, 3.63) is 59.7 Å². The molecule has 0 aromatic heterocycles. The van der Waals surface area contributed by atoms with Crippen LogP contribution in [-0.2, 0) is 11.4 Å². The smallest absolute Gasteiger partial charge is 0.224 e. The average Bonchev–Trinajstić information content (AvgIpc) is 2.66. The van der Waals surface area contributed by atoms with Gasteiger partial charge in [-0.1, -0.05) is 43.3 Å². The minimum absolute atomic E-state index is 0. The first-order valence-electron chi connectivity index (χ1n) is 8.83. The third-order valence-electron chi connectivity index (χ3n) is 4.49. The molecule has 0 aliphatic carbocycles. The molecule has 2 rings (SSSR count). The maximum atomic E-state index is 12.2. The molecule has 2 aromatic carbocycles. The number of carbonyl (C=O) groups is 1. The van der Waals surface area contributed by atoms with Gasteiger partial charge in [0, 0.05) is 12.0 Å². The molecule has 27 heavy (non-hydrogen) atoms. The van der Waals surface area contributed by atoms with Gasteiger partial charge in [0.2, 0.25) is 5.91 Å². The van der Waals surface area contributed by atoms with E-state index in [0.717, 1.165) is 11.1 Å². The summed E-state index contributed by atoms with van der Waals surface area (Å²) in [6.07, 6.45) is 0. The third-order valence-corrected chi connectivity index (χ3v) is 4.49. The van der Waals surface area contributed by atoms with Crippen molar-refractivity contribution >= 4 is 18.3 Å². The fraction of sp³-hybridized carbons (Fsp3) is 0.381. The summed E-state index contributed by atoms with van der Waals surface area (Å²) in [5, 5.41) is 2.99. The summed E-state index contributed by atoms with van der Waals surface area (Å²) in [4.78, 5) is 12.2. The van der Waals surface area contributed by atoms with Gasteiger partial charge in [-0.15, -0.1) is 12.4 Å². The topological polar surface area (TPSA) is 73.6 Å². The monoisotopic (exact) mass is 392 g/mol. The molecule has 3 N–H and O–H groups in total. The molecule has 0 aliphatic heterocycles. The SMILES string of the molecule is COc1cc(C(C)NC(=O)C(C)C(C)N)ccc1OCc1ccccc1.Cl. The number of rotatable bonds is 8. The van der Waals surface area contributed by atoms with Crippen molar-refractivity contribution in [1.82, 2.24) is 5.32 Å². The minimum atomic E-state index is -0.243. The number of carbonyl (C=O) groups excluding carboxylic acids is 1. The van der Waals surface area contributed by atoms with Gasteiger partial charge in [0.1, 0.15) is 6.61 Å². The Labute approximate surface area is 167 Å². The summed E-state index contributed by atoms with van der Waals surface area (Å²) in [5.41, 5.74) is 7.83. The molecule has 3 atom stereocenters. The van der Waals surface area contributed by atoms with E-state index in [4.69, 9.17) is 15.2 Å². The molecule has 148 valence electrons. The van der Waals surface area contributed by atoms with Gasteiger partial charge < -0.3 is 20.5 Å². The molecule has 0 spiro atoms.